The number of halogens is 1. The molecule has 2 aromatic rings. The van der Waals surface area contributed by atoms with Crippen LogP contribution in [0.2, 0.25) is 5.02 Å². The number of aliphatic imine (C=N–C) groups is 1. The van der Waals surface area contributed by atoms with Gasteiger partial charge in [-0.05, 0) is 29.8 Å². The van der Waals surface area contributed by atoms with E-state index in [4.69, 9.17) is 16.0 Å². The molecule has 0 aliphatic rings. The van der Waals surface area contributed by atoms with Crippen LogP contribution in [0.3, 0.4) is 0 Å². The Hall–Kier alpha value is -1.94. The summed E-state index contributed by atoms with van der Waals surface area (Å²) in [4.78, 5) is 4.23. The van der Waals surface area contributed by atoms with Gasteiger partial charge in [-0.25, -0.2) is 0 Å². The van der Waals surface area contributed by atoms with Crippen molar-refractivity contribution < 1.29 is 4.42 Å². The van der Waals surface area contributed by atoms with Crippen molar-refractivity contribution in [3.63, 3.8) is 0 Å². The highest BCUT2D eigenvalue weighted by Crippen LogP contribution is 2.24. The van der Waals surface area contributed by atoms with Gasteiger partial charge in [-0.3, -0.25) is 4.99 Å². The van der Waals surface area contributed by atoms with E-state index in [1.54, 1.807) is 13.3 Å². The molecule has 0 amide bonds. The summed E-state index contributed by atoms with van der Waals surface area (Å²) in [5.41, 5.74) is 1.13. The number of nitrogens with zero attached hydrogens (tertiary/aromatic N) is 1. The van der Waals surface area contributed by atoms with E-state index in [-0.39, 0.29) is 5.41 Å². The third-order valence-corrected chi connectivity index (χ3v) is 3.77. The van der Waals surface area contributed by atoms with Gasteiger partial charge in [0.25, 0.3) is 0 Å². The molecule has 0 atom stereocenters. The van der Waals surface area contributed by atoms with Gasteiger partial charge in [0.15, 0.2) is 5.96 Å². The Labute approximate surface area is 136 Å². The van der Waals surface area contributed by atoms with E-state index in [0.717, 1.165) is 23.3 Å². The maximum Gasteiger partial charge on any atom is 0.191 e. The number of hydrogen-bond donors (Lipinski definition) is 2. The van der Waals surface area contributed by atoms with Crippen molar-refractivity contribution in [3.05, 3.63) is 59.0 Å². The van der Waals surface area contributed by atoms with Gasteiger partial charge < -0.3 is 15.1 Å². The highest BCUT2D eigenvalue weighted by Gasteiger charge is 2.21. The summed E-state index contributed by atoms with van der Waals surface area (Å²) < 4.78 is 5.30. The Morgan fingerprint density at radius 1 is 1.23 bits per heavy atom. The molecule has 0 fully saturated rings. The molecule has 0 saturated heterocycles. The average Bonchev–Trinajstić information content (AvgIpc) is 3.01. The zero-order valence-corrected chi connectivity index (χ0v) is 13.9. The van der Waals surface area contributed by atoms with Crippen LogP contribution >= 0.6 is 11.6 Å². The van der Waals surface area contributed by atoms with Crippen molar-refractivity contribution in [1.82, 2.24) is 10.6 Å². The van der Waals surface area contributed by atoms with E-state index < -0.39 is 0 Å². The Bertz CT molecular complexity index is 621. The monoisotopic (exact) mass is 319 g/mol. The minimum atomic E-state index is -0.0623. The SMILES string of the molecule is CN=C(NCc1ccco1)NCC(C)(C)c1cccc(Cl)c1. The summed E-state index contributed by atoms with van der Waals surface area (Å²) >= 11 is 6.08. The van der Waals surface area contributed by atoms with E-state index in [1.165, 1.54) is 5.56 Å². The van der Waals surface area contributed by atoms with Crippen LogP contribution in [-0.4, -0.2) is 19.6 Å². The molecular weight excluding hydrogens is 298 g/mol. The van der Waals surface area contributed by atoms with Gasteiger partial charge in [0.2, 0.25) is 0 Å². The van der Waals surface area contributed by atoms with Gasteiger partial charge in [-0.2, -0.15) is 0 Å². The first kappa shape index (κ1) is 16.4. The zero-order chi connectivity index (χ0) is 16.0. The fraction of sp³-hybridized carbons (Fsp3) is 0.353. The van der Waals surface area contributed by atoms with Crippen LogP contribution in [0.1, 0.15) is 25.2 Å². The predicted molar refractivity (Wildman–Crippen MR) is 91.4 cm³/mol. The fourth-order valence-electron chi connectivity index (χ4n) is 2.12. The summed E-state index contributed by atoms with van der Waals surface area (Å²) in [6, 6.07) is 11.8. The van der Waals surface area contributed by atoms with E-state index >= 15 is 0 Å². The van der Waals surface area contributed by atoms with Crippen molar-refractivity contribution in [1.29, 1.82) is 0 Å². The lowest BCUT2D eigenvalue weighted by atomic mass is 9.84. The van der Waals surface area contributed by atoms with Crippen molar-refractivity contribution in [2.24, 2.45) is 4.99 Å². The van der Waals surface area contributed by atoms with Gasteiger partial charge in [0.05, 0.1) is 12.8 Å². The molecule has 2 rings (SSSR count). The molecule has 22 heavy (non-hydrogen) atoms. The van der Waals surface area contributed by atoms with Gasteiger partial charge in [0, 0.05) is 24.0 Å². The minimum absolute atomic E-state index is 0.0623. The third kappa shape index (κ3) is 4.53. The first-order chi connectivity index (χ1) is 10.5. The first-order valence-corrected chi connectivity index (χ1v) is 7.62. The topological polar surface area (TPSA) is 49.6 Å². The van der Waals surface area contributed by atoms with Gasteiger partial charge in [-0.1, -0.05) is 37.6 Å². The zero-order valence-electron chi connectivity index (χ0n) is 13.2. The summed E-state index contributed by atoms with van der Waals surface area (Å²) in [6.07, 6.45) is 1.66. The highest BCUT2D eigenvalue weighted by molar-refractivity contribution is 6.30. The summed E-state index contributed by atoms with van der Waals surface area (Å²) in [6.45, 7) is 5.69. The van der Waals surface area contributed by atoms with Crippen LogP contribution in [0, 0.1) is 0 Å². The third-order valence-electron chi connectivity index (χ3n) is 3.54. The molecule has 1 aromatic carbocycles. The van der Waals surface area contributed by atoms with Crippen molar-refractivity contribution in [2.75, 3.05) is 13.6 Å². The molecule has 0 aliphatic heterocycles. The Balaban J connectivity index is 1.91. The van der Waals surface area contributed by atoms with Gasteiger partial charge in [-0.15, -0.1) is 0 Å². The Morgan fingerprint density at radius 3 is 2.68 bits per heavy atom. The molecule has 0 radical (unpaired) electrons. The molecule has 118 valence electrons. The molecule has 0 spiro atoms. The van der Waals surface area contributed by atoms with Crippen molar-refractivity contribution in [3.8, 4) is 0 Å². The fourth-order valence-corrected chi connectivity index (χ4v) is 2.31. The lowest BCUT2D eigenvalue weighted by Crippen LogP contribution is -2.43. The van der Waals surface area contributed by atoms with Crippen LogP contribution < -0.4 is 10.6 Å². The number of benzene rings is 1. The molecule has 1 aromatic heterocycles. The number of guanidine groups is 1. The molecule has 1 heterocycles. The maximum atomic E-state index is 6.08. The summed E-state index contributed by atoms with van der Waals surface area (Å²) in [7, 11) is 1.75. The second kappa shape index (κ2) is 7.36. The maximum absolute atomic E-state index is 6.08. The first-order valence-electron chi connectivity index (χ1n) is 7.24. The quantitative estimate of drug-likeness (QED) is 0.654. The Morgan fingerprint density at radius 2 is 2.05 bits per heavy atom. The second-order valence-corrected chi connectivity index (χ2v) is 6.19. The Kier molecular flexibility index (Phi) is 5.50. The number of rotatable bonds is 5. The molecule has 4 nitrogen and oxygen atoms in total. The van der Waals surface area contributed by atoms with E-state index in [0.29, 0.717) is 6.54 Å². The molecule has 0 bridgehead atoms. The lowest BCUT2D eigenvalue weighted by Gasteiger charge is -2.27. The predicted octanol–water partition coefficient (Wildman–Crippen LogP) is 3.58. The standard InChI is InChI=1S/C17H22ClN3O/c1-17(2,13-6-4-7-14(18)10-13)12-21-16(19-3)20-11-15-8-5-9-22-15/h4-10H,11-12H2,1-3H3,(H2,19,20,21). The molecular formula is C17H22ClN3O. The normalized spacial score (nSPS) is 12.3. The summed E-state index contributed by atoms with van der Waals surface area (Å²) in [5.74, 6) is 1.61. The number of furan rings is 1. The van der Waals surface area contributed by atoms with Crippen molar-refractivity contribution in [2.45, 2.75) is 25.8 Å². The molecule has 2 N–H and O–H groups in total. The molecule has 5 heteroatoms. The van der Waals surface area contributed by atoms with Gasteiger partial charge >= 0.3 is 0 Å². The average molecular weight is 320 g/mol. The largest absolute Gasteiger partial charge is 0.467 e. The van der Waals surface area contributed by atoms with E-state index in [9.17, 15) is 0 Å². The highest BCUT2D eigenvalue weighted by atomic mass is 35.5. The number of hydrogen-bond acceptors (Lipinski definition) is 2. The van der Waals surface area contributed by atoms with Crippen LogP contribution in [0.5, 0.6) is 0 Å². The molecule has 0 unspecified atom stereocenters. The van der Waals surface area contributed by atoms with E-state index in [2.05, 4.69) is 35.5 Å². The molecule has 0 saturated carbocycles. The second-order valence-electron chi connectivity index (χ2n) is 5.75. The summed E-state index contributed by atoms with van der Waals surface area (Å²) in [5, 5.41) is 7.33. The smallest absolute Gasteiger partial charge is 0.191 e. The lowest BCUT2D eigenvalue weighted by molar-refractivity contribution is 0.492. The number of nitrogens with one attached hydrogen (secondary N) is 2. The van der Waals surface area contributed by atoms with Crippen LogP contribution in [-0.2, 0) is 12.0 Å². The molecule has 0 aliphatic carbocycles. The van der Waals surface area contributed by atoms with E-state index in [1.807, 2.05) is 30.3 Å². The minimum Gasteiger partial charge on any atom is -0.467 e. The van der Waals surface area contributed by atoms with Gasteiger partial charge in [0.1, 0.15) is 5.76 Å². The van der Waals surface area contributed by atoms with Crippen molar-refractivity contribution >= 4 is 17.6 Å². The van der Waals surface area contributed by atoms with Crippen LogP contribution in [0.15, 0.2) is 52.1 Å². The van der Waals surface area contributed by atoms with Crippen LogP contribution in [0.4, 0.5) is 0 Å². The van der Waals surface area contributed by atoms with Crippen LogP contribution in [0.25, 0.3) is 0 Å².